The van der Waals surface area contributed by atoms with Gasteiger partial charge in [-0.05, 0) is 25.0 Å². The highest BCUT2D eigenvalue weighted by molar-refractivity contribution is 7.92. The van der Waals surface area contributed by atoms with Crippen LogP contribution in [0, 0.1) is 0 Å². The average Bonchev–Trinajstić information content (AvgIpc) is 2.41. The van der Waals surface area contributed by atoms with Crippen molar-refractivity contribution in [3.05, 3.63) is 30.3 Å². The Morgan fingerprint density at radius 2 is 1.85 bits per heavy atom. The molecule has 0 aromatic heterocycles. The molecule has 0 unspecified atom stereocenters. The van der Waals surface area contributed by atoms with Crippen molar-refractivity contribution >= 4 is 21.6 Å². The predicted molar refractivity (Wildman–Crippen MR) is 81.1 cm³/mol. The lowest BCUT2D eigenvalue weighted by Gasteiger charge is -2.30. The SMILES string of the molecule is CCCNC(=O)[C@H](CC)N(c1ccccc1)S(C)(=O)=O. The van der Waals surface area contributed by atoms with Crippen LogP contribution in [0.1, 0.15) is 26.7 Å². The lowest BCUT2D eigenvalue weighted by Crippen LogP contribution is -2.49. The van der Waals surface area contributed by atoms with Crippen molar-refractivity contribution in [3.63, 3.8) is 0 Å². The summed E-state index contributed by atoms with van der Waals surface area (Å²) >= 11 is 0. The van der Waals surface area contributed by atoms with E-state index in [2.05, 4.69) is 5.32 Å². The molecule has 1 N–H and O–H groups in total. The molecular formula is C14H22N2O3S. The second-order valence-corrected chi connectivity index (χ2v) is 6.47. The molecule has 6 heteroatoms. The second-order valence-electron chi connectivity index (χ2n) is 4.61. The monoisotopic (exact) mass is 298 g/mol. The van der Waals surface area contributed by atoms with Crippen LogP contribution in [0.15, 0.2) is 30.3 Å². The molecule has 0 saturated heterocycles. The number of hydrogen-bond donors (Lipinski definition) is 1. The van der Waals surface area contributed by atoms with Crippen LogP contribution >= 0.6 is 0 Å². The fourth-order valence-electron chi connectivity index (χ4n) is 2.00. The van der Waals surface area contributed by atoms with Crippen molar-refractivity contribution < 1.29 is 13.2 Å². The number of rotatable bonds is 7. The van der Waals surface area contributed by atoms with Gasteiger partial charge in [0.1, 0.15) is 6.04 Å². The van der Waals surface area contributed by atoms with Crippen LogP contribution in [0.4, 0.5) is 5.69 Å². The number of anilines is 1. The van der Waals surface area contributed by atoms with Crippen LogP contribution in [0.5, 0.6) is 0 Å². The van der Waals surface area contributed by atoms with Gasteiger partial charge in [-0.3, -0.25) is 9.10 Å². The van der Waals surface area contributed by atoms with Crippen LogP contribution in [-0.2, 0) is 14.8 Å². The number of amides is 1. The minimum absolute atomic E-state index is 0.261. The summed E-state index contributed by atoms with van der Waals surface area (Å²) in [6, 6.07) is 7.98. The van der Waals surface area contributed by atoms with Crippen LogP contribution < -0.4 is 9.62 Å². The number of sulfonamides is 1. The quantitative estimate of drug-likeness (QED) is 0.834. The molecule has 5 nitrogen and oxygen atoms in total. The third-order valence-electron chi connectivity index (χ3n) is 2.89. The Morgan fingerprint density at radius 1 is 1.25 bits per heavy atom. The molecule has 1 aromatic rings. The van der Waals surface area contributed by atoms with Crippen molar-refractivity contribution in [3.8, 4) is 0 Å². The number of carbonyl (C=O) groups excluding carboxylic acids is 1. The number of hydrogen-bond acceptors (Lipinski definition) is 3. The summed E-state index contributed by atoms with van der Waals surface area (Å²) in [5.41, 5.74) is 0.508. The molecule has 1 atom stereocenters. The van der Waals surface area contributed by atoms with Gasteiger partial charge < -0.3 is 5.32 Å². The Morgan fingerprint density at radius 3 is 2.30 bits per heavy atom. The summed E-state index contributed by atoms with van der Waals surface area (Å²) in [6.07, 6.45) is 2.35. The predicted octanol–water partition coefficient (Wildman–Crippen LogP) is 1.76. The van der Waals surface area contributed by atoms with E-state index in [0.29, 0.717) is 18.7 Å². The van der Waals surface area contributed by atoms with Crippen molar-refractivity contribution in [2.24, 2.45) is 0 Å². The minimum atomic E-state index is -3.53. The van der Waals surface area contributed by atoms with Gasteiger partial charge in [0.15, 0.2) is 0 Å². The van der Waals surface area contributed by atoms with Gasteiger partial charge >= 0.3 is 0 Å². The van der Waals surface area contributed by atoms with E-state index in [0.717, 1.165) is 12.7 Å². The zero-order valence-corrected chi connectivity index (χ0v) is 13.0. The van der Waals surface area contributed by atoms with Gasteiger partial charge in [0, 0.05) is 6.54 Å². The lowest BCUT2D eigenvalue weighted by molar-refractivity contribution is -0.122. The third-order valence-corrected chi connectivity index (χ3v) is 4.07. The highest BCUT2D eigenvalue weighted by Gasteiger charge is 2.30. The van der Waals surface area contributed by atoms with E-state index in [1.165, 1.54) is 4.31 Å². The van der Waals surface area contributed by atoms with Crippen LogP contribution in [0.25, 0.3) is 0 Å². The number of nitrogens with zero attached hydrogens (tertiary/aromatic N) is 1. The zero-order valence-electron chi connectivity index (χ0n) is 12.2. The Kier molecular flexibility index (Phi) is 6.01. The van der Waals surface area contributed by atoms with Gasteiger partial charge in [0.05, 0.1) is 11.9 Å². The molecule has 0 heterocycles. The largest absolute Gasteiger partial charge is 0.354 e. The first-order valence-corrected chi connectivity index (χ1v) is 8.58. The van der Waals surface area contributed by atoms with Gasteiger partial charge in [-0.15, -0.1) is 0 Å². The van der Waals surface area contributed by atoms with Crippen molar-refractivity contribution in [1.82, 2.24) is 5.32 Å². The standard InChI is InChI=1S/C14H22N2O3S/c1-4-11-15-14(17)13(5-2)16(20(3,18)19)12-9-7-6-8-10-12/h6-10,13H,4-5,11H2,1-3H3,(H,15,17)/t13-/m0/s1. The van der Waals surface area contributed by atoms with Crippen LogP contribution in [0.2, 0.25) is 0 Å². The molecule has 1 aromatic carbocycles. The molecular weight excluding hydrogens is 276 g/mol. The Bertz CT molecular complexity index is 529. The molecule has 0 aliphatic heterocycles. The van der Waals surface area contributed by atoms with Crippen LogP contribution in [0.3, 0.4) is 0 Å². The number of benzene rings is 1. The molecule has 0 aliphatic carbocycles. The molecule has 0 bridgehead atoms. The molecule has 0 spiro atoms. The summed E-state index contributed by atoms with van der Waals surface area (Å²) in [5.74, 6) is -0.261. The van der Waals surface area contributed by atoms with Crippen molar-refractivity contribution in [2.75, 3.05) is 17.1 Å². The summed E-state index contributed by atoms with van der Waals surface area (Å²) in [4.78, 5) is 12.2. The smallest absolute Gasteiger partial charge is 0.243 e. The molecule has 112 valence electrons. The van der Waals surface area contributed by atoms with E-state index < -0.39 is 16.1 Å². The summed E-state index contributed by atoms with van der Waals surface area (Å²) < 4.78 is 25.3. The molecule has 0 radical (unpaired) electrons. The van der Waals surface area contributed by atoms with Gasteiger partial charge in [-0.1, -0.05) is 32.0 Å². The van der Waals surface area contributed by atoms with E-state index in [-0.39, 0.29) is 5.91 Å². The maximum Gasteiger partial charge on any atom is 0.243 e. The zero-order chi connectivity index (χ0) is 15.2. The van der Waals surface area contributed by atoms with Gasteiger partial charge in [-0.2, -0.15) is 0 Å². The van der Waals surface area contributed by atoms with Gasteiger partial charge in [0.25, 0.3) is 0 Å². The fourth-order valence-corrected chi connectivity index (χ4v) is 3.21. The molecule has 20 heavy (non-hydrogen) atoms. The fraction of sp³-hybridized carbons (Fsp3) is 0.500. The molecule has 0 saturated carbocycles. The number of carbonyl (C=O) groups is 1. The molecule has 0 fully saturated rings. The van der Waals surface area contributed by atoms with Gasteiger partial charge in [0.2, 0.25) is 15.9 Å². The first-order chi connectivity index (χ1) is 9.41. The lowest BCUT2D eigenvalue weighted by atomic mass is 10.2. The van der Waals surface area contributed by atoms with Crippen molar-refractivity contribution in [2.45, 2.75) is 32.7 Å². The Labute approximate surface area is 121 Å². The highest BCUT2D eigenvalue weighted by Crippen LogP contribution is 2.21. The highest BCUT2D eigenvalue weighted by atomic mass is 32.2. The van der Waals surface area contributed by atoms with E-state index in [4.69, 9.17) is 0 Å². The Hall–Kier alpha value is -1.56. The van der Waals surface area contributed by atoms with E-state index in [9.17, 15) is 13.2 Å². The molecule has 1 rings (SSSR count). The minimum Gasteiger partial charge on any atom is -0.354 e. The average molecular weight is 298 g/mol. The van der Waals surface area contributed by atoms with E-state index in [1.54, 1.807) is 31.2 Å². The van der Waals surface area contributed by atoms with E-state index in [1.807, 2.05) is 13.0 Å². The van der Waals surface area contributed by atoms with Crippen molar-refractivity contribution in [1.29, 1.82) is 0 Å². The summed E-state index contributed by atoms with van der Waals surface area (Å²) in [6.45, 7) is 4.30. The normalized spacial score (nSPS) is 12.8. The number of nitrogens with one attached hydrogen (secondary N) is 1. The summed E-state index contributed by atoms with van der Waals surface area (Å²) in [5, 5.41) is 2.76. The maximum absolute atomic E-state index is 12.2. The van der Waals surface area contributed by atoms with Crippen LogP contribution in [-0.4, -0.2) is 33.2 Å². The van der Waals surface area contributed by atoms with E-state index >= 15 is 0 Å². The van der Waals surface area contributed by atoms with Gasteiger partial charge in [-0.25, -0.2) is 8.42 Å². The molecule has 0 aliphatic rings. The maximum atomic E-state index is 12.2. The second kappa shape index (κ2) is 7.28. The number of para-hydroxylation sites is 1. The molecule has 1 amide bonds. The first kappa shape index (κ1) is 16.5. The first-order valence-electron chi connectivity index (χ1n) is 6.74. The third kappa shape index (κ3) is 4.23. The topological polar surface area (TPSA) is 66.5 Å². The summed E-state index contributed by atoms with van der Waals surface area (Å²) in [7, 11) is -3.53. The Balaban J connectivity index is 3.13.